The monoisotopic (exact) mass is 261 g/mol. The van der Waals surface area contributed by atoms with E-state index < -0.39 is 11.7 Å². The van der Waals surface area contributed by atoms with Gasteiger partial charge in [0, 0.05) is 24.9 Å². The number of nitrogens with zero attached hydrogens (tertiary/aromatic N) is 1. The average molecular weight is 261 g/mol. The maximum Gasteiger partial charge on any atom is 0.255 e. The number of carbonyl (C=O) groups is 1. The molecule has 1 amide bonds. The van der Waals surface area contributed by atoms with E-state index in [1.54, 1.807) is 7.05 Å². The zero-order valence-electron chi connectivity index (χ0n) is 10.2. The highest BCUT2D eigenvalue weighted by atomic mass is 19.1. The van der Waals surface area contributed by atoms with E-state index in [4.69, 9.17) is 5.73 Å². The number of anilines is 2. The highest BCUT2D eigenvalue weighted by Crippen LogP contribution is 2.19. The summed E-state index contributed by atoms with van der Waals surface area (Å²) in [4.78, 5) is 23.3. The minimum Gasteiger partial charge on any atom is -0.397 e. The van der Waals surface area contributed by atoms with Crippen LogP contribution in [0.1, 0.15) is 10.4 Å². The van der Waals surface area contributed by atoms with E-state index in [9.17, 15) is 14.0 Å². The van der Waals surface area contributed by atoms with Gasteiger partial charge >= 0.3 is 0 Å². The number of aryl methyl sites for hydroxylation is 1. The first-order valence-corrected chi connectivity index (χ1v) is 5.50. The Morgan fingerprint density at radius 3 is 2.68 bits per heavy atom. The lowest BCUT2D eigenvalue weighted by Gasteiger charge is -2.08. The van der Waals surface area contributed by atoms with Gasteiger partial charge in [-0.3, -0.25) is 9.59 Å². The van der Waals surface area contributed by atoms with E-state index >= 15 is 0 Å². The van der Waals surface area contributed by atoms with E-state index in [2.05, 4.69) is 5.32 Å². The molecule has 0 atom stereocenters. The van der Waals surface area contributed by atoms with Gasteiger partial charge in [0.25, 0.3) is 11.5 Å². The molecule has 0 bridgehead atoms. The van der Waals surface area contributed by atoms with Gasteiger partial charge in [-0.2, -0.15) is 0 Å². The summed E-state index contributed by atoms with van der Waals surface area (Å²) < 4.78 is 14.2. The zero-order chi connectivity index (χ0) is 14.0. The second-order valence-electron chi connectivity index (χ2n) is 4.05. The number of hydrogen-bond acceptors (Lipinski definition) is 3. The molecule has 0 saturated carbocycles. The molecule has 0 aliphatic carbocycles. The van der Waals surface area contributed by atoms with Gasteiger partial charge in [0.05, 0.1) is 11.4 Å². The Labute approximate surface area is 108 Å². The van der Waals surface area contributed by atoms with Crippen LogP contribution in [0.5, 0.6) is 0 Å². The topological polar surface area (TPSA) is 77.1 Å². The second kappa shape index (κ2) is 4.93. The predicted octanol–water partition coefficient (Wildman–Crippen LogP) is 1.36. The lowest BCUT2D eigenvalue weighted by Crippen LogP contribution is -2.20. The third kappa shape index (κ3) is 2.79. The third-order valence-electron chi connectivity index (χ3n) is 2.63. The molecule has 3 N–H and O–H groups in total. The zero-order valence-corrected chi connectivity index (χ0v) is 10.2. The van der Waals surface area contributed by atoms with Crippen molar-refractivity contribution in [2.24, 2.45) is 7.05 Å². The Hall–Kier alpha value is -2.63. The fourth-order valence-corrected chi connectivity index (χ4v) is 1.53. The summed E-state index contributed by atoms with van der Waals surface area (Å²) in [5, 5.41) is 2.52. The number of carbonyl (C=O) groups excluding carboxylic acids is 1. The van der Waals surface area contributed by atoms with E-state index in [-0.39, 0.29) is 16.8 Å². The van der Waals surface area contributed by atoms with Crippen LogP contribution in [-0.4, -0.2) is 10.5 Å². The third-order valence-corrected chi connectivity index (χ3v) is 2.63. The van der Waals surface area contributed by atoms with Gasteiger partial charge in [0.15, 0.2) is 0 Å². The van der Waals surface area contributed by atoms with Crippen molar-refractivity contribution >= 4 is 17.3 Å². The molecule has 2 aromatic rings. The predicted molar refractivity (Wildman–Crippen MR) is 70.4 cm³/mol. The highest BCUT2D eigenvalue weighted by Gasteiger charge is 2.09. The minimum atomic E-state index is -0.482. The molecular formula is C13H12FN3O2. The van der Waals surface area contributed by atoms with Crippen LogP contribution in [0.15, 0.2) is 41.3 Å². The smallest absolute Gasteiger partial charge is 0.255 e. The molecule has 0 spiro atoms. The van der Waals surface area contributed by atoms with Crippen LogP contribution in [0.3, 0.4) is 0 Å². The first-order chi connectivity index (χ1) is 8.97. The fraction of sp³-hybridized carbons (Fsp3) is 0.0769. The summed E-state index contributed by atoms with van der Waals surface area (Å²) >= 11 is 0. The van der Waals surface area contributed by atoms with E-state index in [0.717, 1.165) is 6.07 Å². The molecule has 2 rings (SSSR count). The molecule has 0 saturated heterocycles. The first kappa shape index (κ1) is 12.8. The van der Waals surface area contributed by atoms with Gasteiger partial charge < -0.3 is 15.6 Å². The Morgan fingerprint density at radius 1 is 1.32 bits per heavy atom. The van der Waals surface area contributed by atoms with Crippen molar-refractivity contribution in [2.75, 3.05) is 11.1 Å². The Morgan fingerprint density at radius 2 is 2.05 bits per heavy atom. The molecule has 0 fully saturated rings. The maximum absolute atomic E-state index is 12.9. The van der Waals surface area contributed by atoms with Crippen LogP contribution >= 0.6 is 0 Å². The van der Waals surface area contributed by atoms with Crippen LogP contribution in [0.2, 0.25) is 0 Å². The van der Waals surface area contributed by atoms with Crippen LogP contribution in [0.4, 0.5) is 15.8 Å². The van der Waals surface area contributed by atoms with Crippen LogP contribution in [-0.2, 0) is 7.05 Å². The number of amides is 1. The van der Waals surface area contributed by atoms with Gasteiger partial charge in [0.1, 0.15) is 5.82 Å². The SMILES string of the molecule is Cn1ccc(C(=O)Nc2ccc(F)cc2N)cc1=O. The average Bonchev–Trinajstić information content (AvgIpc) is 2.36. The Balaban J connectivity index is 2.25. The van der Waals surface area contributed by atoms with Crippen molar-refractivity contribution in [3.05, 3.63) is 58.3 Å². The Kier molecular flexibility index (Phi) is 3.33. The second-order valence-corrected chi connectivity index (χ2v) is 4.05. The van der Waals surface area contributed by atoms with Crippen molar-refractivity contribution in [2.45, 2.75) is 0 Å². The van der Waals surface area contributed by atoms with Gasteiger partial charge in [-0.25, -0.2) is 4.39 Å². The largest absolute Gasteiger partial charge is 0.397 e. The molecule has 1 aromatic carbocycles. The van der Waals surface area contributed by atoms with E-state index in [0.29, 0.717) is 5.69 Å². The molecule has 1 aromatic heterocycles. The fourth-order valence-electron chi connectivity index (χ4n) is 1.53. The van der Waals surface area contributed by atoms with Crippen molar-refractivity contribution in [1.82, 2.24) is 4.57 Å². The Bertz CT molecular complexity index is 695. The number of nitrogen functional groups attached to an aromatic ring is 1. The maximum atomic E-state index is 12.9. The van der Waals surface area contributed by atoms with Gasteiger partial charge in [0.2, 0.25) is 0 Å². The summed E-state index contributed by atoms with van der Waals surface area (Å²) in [6.07, 6.45) is 1.49. The number of rotatable bonds is 2. The molecule has 19 heavy (non-hydrogen) atoms. The summed E-state index contributed by atoms with van der Waals surface area (Å²) in [5.74, 6) is -0.958. The van der Waals surface area contributed by atoms with Crippen LogP contribution in [0.25, 0.3) is 0 Å². The van der Waals surface area contributed by atoms with Crippen molar-refractivity contribution in [3.8, 4) is 0 Å². The lowest BCUT2D eigenvalue weighted by atomic mass is 10.2. The molecule has 5 nitrogen and oxygen atoms in total. The van der Waals surface area contributed by atoms with Crippen molar-refractivity contribution in [3.63, 3.8) is 0 Å². The van der Waals surface area contributed by atoms with E-state index in [1.807, 2.05) is 0 Å². The van der Waals surface area contributed by atoms with Crippen molar-refractivity contribution < 1.29 is 9.18 Å². The van der Waals surface area contributed by atoms with Crippen molar-refractivity contribution in [1.29, 1.82) is 0 Å². The standard InChI is InChI=1S/C13H12FN3O2/c1-17-5-4-8(6-12(17)18)13(19)16-11-3-2-9(14)7-10(11)15/h2-7H,15H2,1H3,(H,16,19). The number of nitrogens with one attached hydrogen (secondary N) is 1. The summed E-state index contributed by atoms with van der Waals surface area (Å²) in [5.41, 5.74) is 5.92. The highest BCUT2D eigenvalue weighted by molar-refractivity contribution is 6.05. The molecule has 6 heteroatoms. The molecule has 0 aliphatic rings. The van der Waals surface area contributed by atoms with Gasteiger partial charge in [-0.05, 0) is 24.3 Å². The summed E-state index contributed by atoms with van der Waals surface area (Å²) in [6, 6.07) is 6.39. The molecule has 0 unspecified atom stereocenters. The molecular weight excluding hydrogens is 249 g/mol. The molecule has 98 valence electrons. The quantitative estimate of drug-likeness (QED) is 0.801. The molecule has 0 aliphatic heterocycles. The van der Waals surface area contributed by atoms with E-state index in [1.165, 1.54) is 35.0 Å². The minimum absolute atomic E-state index is 0.122. The lowest BCUT2D eigenvalue weighted by molar-refractivity contribution is 0.102. The van der Waals surface area contributed by atoms with Crippen LogP contribution < -0.4 is 16.6 Å². The summed E-state index contributed by atoms with van der Waals surface area (Å²) in [7, 11) is 1.59. The number of hydrogen-bond donors (Lipinski definition) is 2. The number of aromatic nitrogens is 1. The van der Waals surface area contributed by atoms with Gasteiger partial charge in [-0.15, -0.1) is 0 Å². The number of nitrogens with two attached hydrogens (primary N) is 1. The molecule has 1 heterocycles. The number of benzene rings is 1. The van der Waals surface area contributed by atoms with Crippen LogP contribution in [0, 0.1) is 5.82 Å². The number of pyridine rings is 1. The summed E-state index contributed by atoms with van der Waals surface area (Å²) in [6.45, 7) is 0. The first-order valence-electron chi connectivity index (χ1n) is 5.50. The number of halogens is 1. The molecule has 0 radical (unpaired) electrons. The normalized spacial score (nSPS) is 10.2. The van der Waals surface area contributed by atoms with Gasteiger partial charge in [-0.1, -0.05) is 0 Å².